The van der Waals surface area contributed by atoms with Crippen LogP contribution < -0.4 is 21.3 Å². The molecule has 11 rings (SSSR count). The smallest absolute Gasteiger partial charge is 0.328 e. The predicted octanol–water partition coefficient (Wildman–Crippen LogP) is -1.54. The molecule has 35 nitrogen and oxygen atoms in total. The van der Waals surface area contributed by atoms with Gasteiger partial charge in [-0.1, -0.05) is 0 Å². The third-order valence-corrected chi connectivity index (χ3v) is 13.5. The Labute approximate surface area is 458 Å². The highest BCUT2D eigenvalue weighted by Crippen LogP contribution is 2.41. The highest BCUT2D eigenvalue weighted by Gasteiger charge is 2.48. The van der Waals surface area contributed by atoms with E-state index in [1.54, 1.807) is 21.8 Å². The number of hydrogen-bond acceptors (Lipinski definition) is 26. The summed E-state index contributed by atoms with van der Waals surface area (Å²) in [5.74, 6) is -0.565. The number of fused-ring (bicyclic) bond motifs is 2. The third kappa shape index (κ3) is 12.7. The first kappa shape index (κ1) is 57.0. The van der Waals surface area contributed by atoms with Crippen LogP contribution in [0.15, 0.2) is 49.9 Å². The molecule has 0 spiro atoms. The van der Waals surface area contributed by atoms with Crippen LogP contribution in [-0.2, 0) is 59.1 Å². The fraction of sp³-hybridized carbons (Fsp3) is 0.522. The number of aliphatic hydroxyl groups is 4. The van der Waals surface area contributed by atoms with Crippen molar-refractivity contribution in [2.75, 3.05) is 34.4 Å². The van der Waals surface area contributed by atoms with Crippen molar-refractivity contribution in [2.24, 2.45) is 14.1 Å². The van der Waals surface area contributed by atoms with E-state index >= 15 is 0 Å². The van der Waals surface area contributed by atoms with E-state index in [2.05, 4.69) is 62.1 Å². The lowest BCUT2D eigenvalue weighted by Crippen LogP contribution is -2.33. The molecule has 8 aromatic heterocycles. The van der Waals surface area contributed by atoms with Crippen LogP contribution in [0.25, 0.3) is 22.3 Å². The SMILES string of the molecule is CCn1nnc([C@H]2O[C@@H](n3cnc4c(NC5CCC(Nc6nc(NCCc7cn(C)cn7)nc7c6ncn7[C@@H]6O[C@H](c7nnn(CC)n7)[C@@H](O)[C@H]6O)CC5)nc(NCCc5cn(C)cn5)nc43)[C@H](O)[C@@H]2O)n1.O.O=C(O)/C=C\C(=O)O. The van der Waals surface area contributed by atoms with Gasteiger partial charge in [0.15, 0.2) is 58.6 Å². The first-order valence-electron chi connectivity index (χ1n) is 25.8. The summed E-state index contributed by atoms with van der Waals surface area (Å²) in [7, 11) is 3.83. The van der Waals surface area contributed by atoms with Gasteiger partial charge in [-0.2, -0.15) is 29.5 Å². The first-order valence-corrected chi connectivity index (χ1v) is 25.8. The molecule has 8 aromatic rings. The molecule has 2 aliphatic heterocycles. The zero-order chi connectivity index (χ0) is 56.2. The Hall–Kier alpha value is -8.74. The highest BCUT2D eigenvalue weighted by molar-refractivity contribution is 5.89. The van der Waals surface area contributed by atoms with Crippen molar-refractivity contribution in [1.29, 1.82) is 0 Å². The van der Waals surface area contributed by atoms with Gasteiger partial charge in [-0.3, -0.25) is 9.13 Å². The molecule has 0 amide bonds. The van der Waals surface area contributed by atoms with Crippen molar-refractivity contribution in [3.63, 3.8) is 0 Å². The number of aliphatic hydroxyl groups excluding tert-OH is 4. The Bertz CT molecular complexity index is 3230. The number of aryl methyl sites for hydroxylation is 4. The molecule has 10 heterocycles. The zero-order valence-corrected chi connectivity index (χ0v) is 44.2. The van der Waals surface area contributed by atoms with Crippen molar-refractivity contribution in [1.82, 2.24) is 98.6 Å². The molecular weight excluding hydrogens is 1060 g/mol. The lowest BCUT2D eigenvalue weighted by molar-refractivity contribution is -0.134. The van der Waals surface area contributed by atoms with E-state index in [9.17, 15) is 30.0 Å². The number of anilines is 4. The number of carboxylic acids is 2. The van der Waals surface area contributed by atoms with Gasteiger partial charge in [0.25, 0.3) is 0 Å². The number of imidazole rings is 4. The van der Waals surface area contributed by atoms with Crippen molar-refractivity contribution in [3.05, 3.63) is 72.9 Å². The Morgan fingerprint density at radius 2 is 1.01 bits per heavy atom. The maximum Gasteiger partial charge on any atom is 0.328 e. The van der Waals surface area contributed by atoms with E-state index in [0.29, 0.717) is 97.0 Å². The van der Waals surface area contributed by atoms with Gasteiger partial charge in [0, 0.05) is 76.7 Å². The summed E-state index contributed by atoms with van der Waals surface area (Å²) in [6, 6.07) is -0.0247. The average Bonchev–Trinajstić information content (AvgIpc) is 4.41. The summed E-state index contributed by atoms with van der Waals surface area (Å²) in [6.07, 6.45) is 6.13. The molecule has 3 fully saturated rings. The molecular formula is C46H62N24O11. The van der Waals surface area contributed by atoms with E-state index in [0.717, 1.165) is 37.1 Å². The molecule has 0 radical (unpaired) electrons. The lowest BCUT2D eigenvalue weighted by atomic mass is 9.91. The number of aliphatic carboxylic acids is 2. The number of ether oxygens (including phenoxy) is 2. The number of nitrogens with zero attached hydrogens (tertiary/aromatic N) is 20. The molecule has 81 heavy (non-hydrogen) atoms. The number of carbonyl (C=O) groups is 2. The minimum atomic E-state index is -1.36. The van der Waals surface area contributed by atoms with Crippen molar-refractivity contribution >= 4 is 57.8 Å². The van der Waals surface area contributed by atoms with Crippen LogP contribution >= 0.6 is 0 Å². The maximum atomic E-state index is 11.3. The van der Waals surface area contributed by atoms with Crippen LogP contribution in [0.5, 0.6) is 0 Å². The summed E-state index contributed by atoms with van der Waals surface area (Å²) < 4.78 is 19.4. The van der Waals surface area contributed by atoms with Gasteiger partial charge in [-0.15, -0.1) is 20.4 Å². The predicted molar refractivity (Wildman–Crippen MR) is 279 cm³/mol. The Balaban J connectivity index is 0.000000819. The molecule has 1 aliphatic carbocycles. The third-order valence-electron chi connectivity index (χ3n) is 13.5. The first-order chi connectivity index (χ1) is 38.6. The minimum Gasteiger partial charge on any atom is -0.478 e. The normalized spacial score (nSPS) is 23.6. The number of hydrogen-bond donors (Lipinski definition) is 10. The van der Waals surface area contributed by atoms with Crippen molar-refractivity contribution < 1.29 is 55.2 Å². The lowest BCUT2D eigenvalue weighted by Gasteiger charge is -2.30. The van der Waals surface area contributed by atoms with E-state index in [1.165, 1.54) is 22.2 Å². The van der Waals surface area contributed by atoms with Crippen molar-refractivity contribution in [2.45, 2.75) is 127 Å². The largest absolute Gasteiger partial charge is 0.478 e. The van der Waals surface area contributed by atoms with Crippen molar-refractivity contribution in [3.8, 4) is 0 Å². The summed E-state index contributed by atoms with van der Waals surface area (Å²) in [6.45, 7) is 5.65. The van der Waals surface area contributed by atoms with E-state index < -0.39 is 61.0 Å². The molecule has 0 bridgehead atoms. The van der Waals surface area contributed by atoms with Gasteiger partial charge in [-0.25, -0.2) is 29.5 Å². The standard InChI is InChI=1S/C42H56N24O6.C4H4O4.H2O/c1-5-65-57-35(55-59-65)31-27(67)29(69)39(71-31)63-19-47-25-33(51-41(53-37(25)63)43-13-11-23-15-61(3)17-45-23)49-21-7-9-22(10-8-21)50-34-26-38(54-42(52-34)44-14-12-24-16-62(4)18-46-24)64(20-48-26)40-30(70)28(68)32(72-40)36-56-60-66(6-2)58-36;5-3(6)1-2-4(7)8;/h15-22,27-32,39-40,67-70H,5-14H2,1-4H3,(H2,43,49,51,53)(H2,44,50,52,54);1-2H,(H,5,6)(H,7,8);1H2/b;2-1-;/t21?,22?,27-,28-,29+,30+,31-,32-,39+,40+;;/m0../s1. The fourth-order valence-corrected chi connectivity index (χ4v) is 9.49. The number of carboxylic acid groups (broad SMARTS) is 2. The Kier molecular flexibility index (Phi) is 17.4. The molecule has 8 atom stereocenters. The second kappa shape index (κ2) is 24.7. The molecule has 3 aliphatic rings. The van der Waals surface area contributed by atoms with E-state index in [-0.39, 0.29) is 29.2 Å². The average molecular weight is 1130 g/mol. The van der Waals surface area contributed by atoms with Gasteiger partial charge in [0.05, 0.1) is 49.8 Å². The molecule has 0 unspecified atom stereocenters. The van der Waals surface area contributed by atoms with Gasteiger partial charge in [0.2, 0.25) is 23.5 Å². The molecule has 1 saturated carbocycles. The van der Waals surface area contributed by atoms with Crippen LogP contribution in [0.1, 0.15) is 87.2 Å². The van der Waals surface area contributed by atoms with Crippen LogP contribution in [0.4, 0.5) is 23.5 Å². The molecule has 12 N–H and O–H groups in total. The Morgan fingerprint density at radius 3 is 1.36 bits per heavy atom. The highest BCUT2D eigenvalue weighted by atomic mass is 16.6. The molecule has 2 saturated heterocycles. The Morgan fingerprint density at radius 1 is 0.605 bits per heavy atom. The maximum absolute atomic E-state index is 11.3. The molecule has 0 aromatic carbocycles. The number of aromatic nitrogens is 20. The van der Waals surface area contributed by atoms with Gasteiger partial charge in [-0.05, 0) is 50.0 Å². The number of nitrogens with one attached hydrogen (secondary N) is 4. The van der Waals surface area contributed by atoms with Gasteiger partial charge >= 0.3 is 11.9 Å². The quantitative estimate of drug-likeness (QED) is 0.0387. The van der Waals surface area contributed by atoms with Crippen LogP contribution in [0.2, 0.25) is 0 Å². The fourth-order valence-electron chi connectivity index (χ4n) is 9.49. The summed E-state index contributed by atoms with van der Waals surface area (Å²) in [4.78, 5) is 59.6. The molecule has 35 heteroatoms. The summed E-state index contributed by atoms with van der Waals surface area (Å²) in [5, 5.41) is 99.2. The van der Waals surface area contributed by atoms with E-state index in [4.69, 9.17) is 49.6 Å². The second-order valence-electron chi connectivity index (χ2n) is 19.2. The summed E-state index contributed by atoms with van der Waals surface area (Å²) >= 11 is 0. The number of rotatable bonds is 20. The van der Waals surface area contributed by atoms with Crippen LogP contribution in [0, 0.1) is 0 Å². The monoisotopic (exact) mass is 1130 g/mol. The van der Waals surface area contributed by atoms with Gasteiger partial charge in [0.1, 0.15) is 24.4 Å². The van der Waals surface area contributed by atoms with Crippen LogP contribution in [0.3, 0.4) is 0 Å². The van der Waals surface area contributed by atoms with Crippen LogP contribution in [-0.4, -0.2) is 196 Å². The number of tetrazole rings is 2. The minimum absolute atomic E-state index is 0. The van der Waals surface area contributed by atoms with E-state index in [1.807, 2.05) is 49.5 Å². The second-order valence-corrected chi connectivity index (χ2v) is 19.2. The molecule has 432 valence electrons. The topological polar surface area (TPSA) is 464 Å². The van der Waals surface area contributed by atoms with Gasteiger partial charge < -0.3 is 76.0 Å². The summed E-state index contributed by atoms with van der Waals surface area (Å²) in [5.41, 5.74) is 3.47. The zero-order valence-electron chi connectivity index (χ0n) is 44.2.